The molecule has 0 radical (unpaired) electrons. The minimum absolute atomic E-state index is 0.0690. The molecule has 2 aromatic rings. The van der Waals surface area contributed by atoms with E-state index < -0.39 is 32.6 Å². The fraction of sp³-hybridized carbons (Fsp3) is 0.200. The van der Waals surface area contributed by atoms with Gasteiger partial charge in [0.25, 0.3) is 0 Å². The van der Waals surface area contributed by atoms with E-state index in [9.17, 15) is 18.3 Å². The molecule has 8 heteroatoms. The number of phenolic OH excluding ortho intramolecular Hbond substituents is 1. The van der Waals surface area contributed by atoms with Gasteiger partial charge in [-0.05, 0) is 30.8 Å². The van der Waals surface area contributed by atoms with E-state index in [1.54, 1.807) is 38.1 Å². The minimum atomic E-state index is -4.38. The summed E-state index contributed by atoms with van der Waals surface area (Å²) in [7, 11) is 9.64. The second kappa shape index (κ2) is 9.42. The number of benzene rings is 2. The van der Waals surface area contributed by atoms with Crippen LogP contribution in [0.4, 0.5) is 13.2 Å². The van der Waals surface area contributed by atoms with E-state index in [-0.39, 0.29) is 19.6 Å². The van der Waals surface area contributed by atoms with Crippen molar-refractivity contribution in [3.8, 4) is 5.75 Å². The molecule has 0 aliphatic heterocycles. The number of hydrogen-bond acceptors (Lipinski definition) is 1. The third-order valence-electron chi connectivity index (χ3n) is 2.99. The quantitative estimate of drug-likeness (QED) is 0.624. The van der Waals surface area contributed by atoms with Gasteiger partial charge in [0, 0.05) is 5.30 Å². The van der Waals surface area contributed by atoms with E-state index in [4.69, 9.17) is 17.0 Å². The summed E-state index contributed by atoms with van der Waals surface area (Å²) in [6, 6.07) is 9.40. The molecule has 0 saturated carbocycles. The topological polar surface area (TPSA) is 20.2 Å². The van der Waals surface area contributed by atoms with Crippen molar-refractivity contribution in [2.24, 2.45) is 0 Å². The van der Waals surface area contributed by atoms with Gasteiger partial charge in [0.05, 0.1) is 5.56 Å². The van der Waals surface area contributed by atoms with E-state index in [0.717, 1.165) is 6.07 Å². The van der Waals surface area contributed by atoms with Crippen molar-refractivity contribution in [3.05, 3.63) is 53.1 Å². The average Bonchev–Trinajstić information content (AvgIpc) is 2.45. The van der Waals surface area contributed by atoms with Gasteiger partial charge in [-0.15, -0.1) is 0 Å². The number of rotatable bonds is 2. The van der Waals surface area contributed by atoms with Crippen LogP contribution in [0.2, 0.25) is 0 Å². The van der Waals surface area contributed by atoms with Crippen molar-refractivity contribution < 1.29 is 39.1 Å². The molecule has 0 fully saturated rings. The molecule has 1 N–H and O–H groups in total. The van der Waals surface area contributed by atoms with Gasteiger partial charge in [0.15, 0.2) is 0 Å². The summed E-state index contributed by atoms with van der Waals surface area (Å²) in [5, 5.41) is 10.7. The summed E-state index contributed by atoms with van der Waals surface area (Å²) in [4.78, 5) is 0. The Balaban J connectivity index is 0.000000816. The molecule has 0 aromatic heterocycles. The van der Waals surface area contributed by atoms with Crippen LogP contribution in [0.5, 0.6) is 5.75 Å². The fourth-order valence-corrected chi connectivity index (χ4v) is 3.21. The maximum absolute atomic E-state index is 13.1. The number of phenols is 1. The Bertz CT molecular complexity index is 666. The van der Waals surface area contributed by atoms with Crippen LogP contribution in [-0.2, 0) is 27.0 Å². The monoisotopic (exact) mass is 458 g/mol. The zero-order valence-electron chi connectivity index (χ0n) is 12.3. The molecule has 0 saturated heterocycles. The zero-order valence-corrected chi connectivity index (χ0v) is 17.3. The molecule has 0 spiro atoms. The summed E-state index contributed by atoms with van der Waals surface area (Å²) < 4.78 is 39.2. The van der Waals surface area contributed by atoms with E-state index in [1.807, 2.05) is 0 Å². The van der Waals surface area contributed by atoms with E-state index in [2.05, 4.69) is 0 Å². The first-order chi connectivity index (χ1) is 10.7. The molecule has 0 bridgehead atoms. The van der Waals surface area contributed by atoms with Gasteiger partial charge in [-0.1, -0.05) is 44.5 Å². The maximum atomic E-state index is 13.1. The van der Waals surface area contributed by atoms with Crippen LogP contribution in [0.1, 0.15) is 16.7 Å². The van der Waals surface area contributed by atoms with Crippen LogP contribution >= 0.6 is 25.6 Å². The number of alkyl halides is 3. The number of hydrogen-bond donors (Lipinski definition) is 1. The van der Waals surface area contributed by atoms with Gasteiger partial charge >= 0.3 is 44.1 Å². The van der Waals surface area contributed by atoms with Crippen LogP contribution in [0.15, 0.2) is 36.4 Å². The van der Waals surface area contributed by atoms with Crippen LogP contribution < -0.4 is 10.6 Å². The molecule has 0 aliphatic carbocycles. The van der Waals surface area contributed by atoms with Gasteiger partial charge in [0.2, 0.25) is 0 Å². The standard InChI is InChI=1S/C15H14F3OP.2ClH.Zr/c1-9-6-7-12(11(8-9)15(16,17)18)20-13-5-3-4-10(2)14(13)19;;;/h3-8,19-20H,1-2H3;2*1H;/q;;;+2/p-2. The van der Waals surface area contributed by atoms with Gasteiger partial charge in [-0.2, -0.15) is 13.2 Å². The van der Waals surface area contributed by atoms with Crippen molar-refractivity contribution in [3.63, 3.8) is 0 Å². The number of para-hydroxylation sites is 1. The van der Waals surface area contributed by atoms with Crippen molar-refractivity contribution >= 4 is 36.2 Å². The molecular formula is C15H14Cl2F3OPZr. The second-order valence-electron chi connectivity index (χ2n) is 4.71. The first-order valence-electron chi connectivity index (χ1n) is 6.40. The molecule has 1 unspecified atom stereocenters. The Morgan fingerprint density at radius 3 is 2.22 bits per heavy atom. The van der Waals surface area contributed by atoms with E-state index in [0.29, 0.717) is 16.4 Å². The first kappa shape index (κ1) is 21.0. The van der Waals surface area contributed by atoms with Crippen LogP contribution in [-0.4, -0.2) is 5.11 Å². The summed E-state index contributed by atoms with van der Waals surface area (Å²) in [6.07, 6.45) is -4.38. The molecule has 1 atom stereocenters. The van der Waals surface area contributed by atoms with Crippen molar-refractivity contribution in [2.45, 2.75) is 20.0 Å². The molecule has 2 aromatic carbocycles. The Morgan fingerprint density at radius 2 is 1.65 bits per heavy atom. The summed E-state index contributed by atoms with van der Waals surface area (Å²) in [5.74, 6) is 0.0690. The summed E-state index contributed by atoms with van der Waals surface area (Å²) >= 11 is -0.826. The van der Waals surface area contributed by atoms with E-state index >= 15 is 0 Å². The third-order valence-corrected chi connectivity index (χ3v) is 4.37. The predicted molar refractivity (Wildman–Crippen MR) is 88.3 cm³/mol. The first-order valence-corrected chi connectivity index (χ1v) is 13.7. The van der Waals surface area contributed by atoms with Crippen LogP contribution in [0.25, 0.3) is 0 Å². The Labute approximate surface area is 153 Å². The van der Waals surface area contributed by atoms with Crippen LogP contribution in [0.3, 0.4) is 0 Å². The van der Waals surface area contributed by atoms with Gasteiger partial charge in [0.1, 0.15) is 5.75 Å². The normalized spacial score (nSPS) is 11.3. The summed E-state index contributed by atoms with van der Waals surface area (Å²) in [6.45, 7) is 3.36. The number of aromatic hydroxyl groups is 1. The fourth-order valence-electron chi connectivity index (χ4n) is 1.91. The van der Waals surface area contributed by atoms with Crippen molar-refractivity contribution in [1.82, 2.24) is 0 Å². The molecule has 124 valence electrons. The molecular weight excluding hydrogens is 446 g/mol. The molecule has 23 heavy (non-hydrogen) atoms. The van der Waals surface area contributed by atoms with Gasteiger partial charge in [-0.25, -0.2) is 0 Å². The second-order valence-corrected chi connectivity index (χ2v) is 9.77. The van der Waals surface area contributed by atoms with E-state index in [1.165, 1.54) is 6.07 Å². The number of halogens is 5. The number of aryl methyl sites for hydroxylation is 2. The Hall–Kier alpha value is -0.0769. The van der Waals surface area contributed by atoms with Crippen LogP contribution in [0, 0.1) is 13.8 Å². The molecule has 0 aliphatic rings. The predicted octanol–water partition coefficient (Wildman–Crippen LogP) is 5.03. The molecule has 2 rings (SSSR count). The SMILES string of the molecule is Cc1ccc(Pc2cccc(C)c2O)c(C(F)(F)F)c1.[Cl][Zr][Cl]. The van der Waals surface area contributed by atoms with Crippen molar-refractivity contribution in [2.75, 3.05) is 0 Å². The van der Waals surface area contributed by atoms with Gasteiger partial charge in [-0.3, -0.25) is 0 Å². The Morgan fingerprint density at radius 1 is 1.04 bits per heavy atom. The zero-order chi connectivity index (χ0) is 17.6. The Kier molecular flexibility index (Phi) is 8.59. The summed E-state index contributed by atoms with van der Waals surface area (Å²) in [5.41, 5.74) is 0.603. The van der Waals surface area contributed by atoms with Crippen molar-refractivity contribution in [1.29, 1.82) is 0 Å². The molecule has 1 nitrogen and oxygen atoms in total. The molecule has 0 amide bonds. The van der Waals surface area contributed by atoms with Gasteiger partial charge < -0.3 is 5.11 Å². The molecule has 0 heterocycles. The average molecular weight is 460 g/mol. The third kappa shape index (κ3) is 6.38.